The number of nitrogens with one attached hydrogen (secondary N) is 1. The average molecular weight is 225 g/mol. The number of methoxy groups -OCH3 is 1. The van der Waals surface area contributed by atoms with Gasteiger partial charge in [-0.2, -0.15) is 5.10 Å². The van der Waals surface area contributed by atoms with Gasteiger partial charge in [-0.15, -0.1) is 0 Å². The van der Waals surface area contributed by atoms with Crippen LogP contribution in [0.4, 0.5) is 0 Å². The Hall–Kier alpha value is -1.36. The summed E-state index contributed by atoms with van der Waals surface area (Å²) in [6, 6.07) is 0. The van der Waals surface area contributed by atoms with Gasteiger partial charge in [-0.3, -0.25) is 9.48 Å². The molecule has 0 aliphatic rings. The first-order chi connectivity index (χ1) is 7.67. The largest absolute Gasteiger partial charge is 0.469 e. The van der Waals surface area contributed by atoms with Gasteiger partial charge in [0.05, 0.1) is 19.2 Å². The molecule has 0 saturated carbocycles. The first-order valence-corrected chi connectivity index (χ1v) is 5.46. The number of hydrogen-bond acceptors (Lipinski definition) is 4. The van der Waals surface area contributed by atoms with E-state index in [4.69, 9.17) is 0 Å². The third-order valence-electron chi connectivity index (χ3n) is 2.38. The number of esters is 1. The second-order valence-electron chi connectivity index (χ2n) is 3.63. The molecular weight excluding hydrogens is 206 g/mol. The summed E-state index contributed by atoms with van der Waals surface area (Å²) >= 11 is 0. The lowest BCUT2D eigenvalue weighted by Gasteiger charge is -2.03. The predicted octanol–water partition coefficient (Wildman–Crippen LogP) is 0.635. The third-order valence-corrected chi connectivity index (χ3v) is 2.38. The number of ether oxygens (including phenoxy) is 1. The fraction of sp³-hybridized carbons (Fsp3) is 0.636. The van der Waals surface area contributed by atoms with Gasteiger partial charge in [-0.25, -0.2) is 0 Å². The highest BCUT2D eigenvalue weighted by molar-refractivity contribution is 5.69. The summed E-state index contributed by atoms with van der Waals surface area (Å²) < 4.78 is 6.37. The standard InChI is InChI=1S/C11H19N3O2/c1-4-10-9(8-14(2)13-10)7-12-6-5-11(15)16-3/h8,12H,4-7H2,1-3H3. The highest BCUT2D eigenvalue weighted by atomic mass is 16.5. The molecule has 0 aliphatic carbocycles. The highest BCUT2D eigenvalue weighted by Gasteiger charge is 2.05. The van der Waals surface area contributed by atoms with E-state index in [1.807, 2.05) is 17.9 Å². The molecule has 5 heteroatoms. The summed E-state index contributed by atoms with van der Waals surface area (Å²) in [7, 11) is 3.32. The minimum Gasteiger partial charge on any atom is -0.469 e. The van der Waals surface area contributed by atoms with Crippen molar-refractivity contribution in [2.75, 3.05) is 13.7 Å². The van der Waals surface area contributed by atoms with Crippen LogP contribution < -0.4 is 5.32 Å². The average Bonchev–Trinajstić information content (AvgIpc) is 2.64. The molecule has 1 rings (SSSR count). The molecule has 0 bridgehead atoms. The molecule has 0 unspecified atom stereocenters. The molecular formula is C11H19N3O2. The van der Waals surface area contributed by atoms with E-state index in [2.05, 4.69) is 22.1 Å². The van der Waals surface area contributed by atoms with Crippen LogP contribution in [0.3, 0.4) is 0 Å². The predicted molar refractivity (Wildman–Crippen MR) is 60.9 cm³/mol. The van der Waals surface area contributed by atoms with Crippen LogP contribution in [0.25, 0.3) is 0 Å². The Morgan fingerprint density at radius 3 is 3.00 bits per heavy atom. The lowest BCUT2D eigenvalue weighted by Crippen LogP contribution is -2.18. The van der Waals surface area contributed by atoms with E-state index < -0.39 is 0 Å². The molecule has 5 nitrogen and oxygen atoms in total. The van der Waals surface area contributed by atoms with E-state index in [-0.39, 0.29) is 5.97 Å². The van der Waals surface area contributed by atoms with E-state index >= 15 is 0 Å². The van der Waals surface area contributed by atoms with Crippen molar-refractivity contribution >= 4 is 5.97 Å². The molecule has 0 saturated heterocycles. The first-order valence-electron chi connectivity index (χ1n) is 5.46. The number of hydrogen-bond donors (Lipinski definition) is 1. The summed E-state index contributed by atoms with van der Waals surface area (Å²) in [5.74, 6) is -0.186. The zero-order valence-electron chi connectivity index (χ0n) is 10.1. The van der Waals surface area contributed by atoms with Crippen LogP contribution in [0, 0.1) is 0 Å². The van der Waals surface area contributed by atoms with Crippen molar-refractivity contribution in [3.63, 3.8) is 0 Å². The van der Waals surface area contributed by atoms with Gasteiger partial charge in [0.15, 0.2) is 0 Å². The molecule has 0 aliphatic heterocycles. The third kappa shape index (κ3) is 3.66. The van der Waals surface area contributed by atoms with Gasteiger partial charge in [0.1, 0.15) is 0 Å². The van der Waals surface area contributed by atoms with Crippen LogP contribution in [-0.4, -0.2) is 29.4 Å². The fourth-order valence-electron chi connectivity index (χ4n) is 1.54. The van der Waals surface area contributed by atoms with E-state index in [0.717, 1.165) is 18.7 Å². The second-order valence-corrected chi connectivity index (χ2v) is 3.63. The van der Waals surface area contributed by atoms with Gasteiger partial charge >= 0.3 is 5.97 Å². The topological polar surface area (TPSA) is 56.2 Å². The molecule has 90 valence electrons. The normalized spacial score (nSPS) is 10.4. The quantitative estimate of drug-likeness (QED) is 0.570. The van der Waals surface area contributed by atoms with Gasteiger partial charge in [0, 0.05) is 31.9 Å². The number of carbonyl (C=O) groups is 1. The molecule has 0 atom stereocenters. The van der Waals surface area contributed by atoms with Crippen LogP contribution >= 0.6 is 0 Å². The minimum atomic E-state index is -0.186. The first kappa shape index (κ1) is 12.7. The van der Waals surface area contributed by atoms with Crippen LogP contribution in [0.2, 0.25) is 0 Å². The zero-order chi connectivity index (χ0) is 12.0. The molecule has 1 aromatic heterocycles. The van der Waals surface area contributed by atoms with Crippen molar-refractivity contribution in [3.8, 4) is 0 Å². The smallest absolute Gasteiger partial charge is 0.306 e. The summed E-state index contributed by atoms with van der Waals surface area (Å²) in [6.45, 7) is 3.46. The van der Waals surface area contributed by atoms with Crippen molar-refractivity contribution in [2.45, 2.75) is 26.3 Å². The summed E-state index contributed by atoms with van der Waals surface area (Å²) in [4.78, 5) is 10.9. The monoisotopic (exact) mass is 225 g/mol. The van der Waals surface area contributed by atoms with Crippen molar-refractivity contribution in [2.24, 2.45) is 7.05 Å². The van der Waals surface area contributed by atoms with Crippen LogP contribution in [0.15, 0.2) is 6.20 Å². The lowest BCUT2D eigenvalue weighted by molar-refractivity contribution is -0.140. The number of aryl methyl sites for hydroxylation is 2. The maximum atomic E-state index is 10.9. The summed E-state index contributed by atoms with van der Waals surface area (Å²) in [5.41, 5.74) is 2.29. The van der Waals surface area contributed by atoms with E-state index in [1.54, 1.807) is 0 Å². The fourth-order valence-corrected chi connectivity index (χ4v) is 1.54. The van der Waals surface area contributed by atoms with Crippen molar-refractivity contribution in [1.82, 2.24) is 15.1 Å². The zero-order valence-corrected chi connectivity index (χ0v) is 10.1. The molecule has 16 heavy (non-hydrogen) atoms. The number of aromatic nitrogens is 2. The van der Waals surface area contributed by atoms with Crippen molar-refractivity contribution < 1.29 is 9.53 Å². The molecule has 1 aromatic rings. The molecule has 1 heterocycles. The minimum absolute atomic E-state index is 0.186. The SMILES string of the molecule is CCc1nn(C)cc1CNCCC(=O)OC. The van der Waals surface area contributed by atoms with Crippen molar-refractivity contribution in [1.29, 1.82) is 0 Å². The number of carbonyl (C=O) groups excluding carboxylic acids is 1. The number of rotatable bonds is 6. The van der Waals surface area contributed by atoms with Crippen LogP contribution in [0.1, 0.15) is 24.6 Å². The Morgan fingerprint density at radius 1 is 1.62 bits per heavy atom. The lowest BCUT2D eigenvalue weighted by atomic mass is 10.2. The van der Waals surface area contributed by atoms with Crippen molar-refractivity contribution in [3.05, 3.63) is 17.5 Å². The van der Waals surface area contributed by atoms with Gasteiger partial charge in [-0.1, -0.05) is 6.92 Å². The Labute approximate surface area is 95.8 Å². The van der Waals surface area contributed by atoms with Gasteiger partial charge in [0.2, 0.25) is 0 Å². The molecule has 0 spiro atoms. The van der Waals surface area contributed by atoms with Crippen LogP contribution in [0.5, 0.6) is 0 Å². The molecule has 0 aromatic carbocycles. The van der Waals surface area contributed by atoms with Gasteiger partial charge in [-0.05, 0) is 6.42 Å². The molecule has 0 amide bonds. The highest BCUT2D eigenvalue weighted by Crippen LogP contribution is 2.06. The van der Waals surface area contributed by atoms with E-state index in [1.165, 1.54) is 12.7 Å². The maximum Gasteiger partial charge on any atom is 0.306 e. The Kier molecular flexibility index (Phi) is 4.98. The summed E-state index contributed by atoms with van der Waals surface area (Å²) in [5, 5.41) is 7.54. The maximum absolute atomic E-state index is 10.9. The van der Waals surface area contributed by atoms with E-state index in [9.17, 15) is 4.79 Å². The van der Waals surface area contributed by atoms with Gasteiger partial charge < -0.3 is 10.1 Å². The Balaban J connectivity index is 2.34. The summed E-state index contributed by atoms with van der Waals surface area (Å²) in [6.07, 6.45) is 3.33. The molecule has 1 N–H and O–H groups in total. The number of nitrogens with zero attached hydrogens (tertiary/aromatic N) is 2. The molecule has 0 fully saturated rings. The van der Waals surface area contributed by atoms with E-state index in [0.29, 0.717) is 13.0 Å². The Morgan fingerprint density at radius 2 is 2.38 bits per heavy atom. The van der Waals surface area contributed by atoms with Crippen LogP contribution in [-0.2, 0) is 29.5 Å². The molecule has 0 radical (unpaired) electrons. The second kappa shape index (κ2) is 6.27. The van der Waals surface area contributed by atoms with Gasteiger partial charge in [0.25, 0.3) is 0 Å². The Bertz CT molecular complexity index is 347.